The monoisotopic (exact) mass is 383 g/mol. The Morgan fingerprint density at radius 3 is 2.55 bits per heavy atom. The smallest absolute Gasteiger partial charge is 0.265 e. The fraction of sp³-hybridized carbons (Fsp3) is 0.0455. The SMILES string of the molecule is N#Cc1ccc(COc2ccc(-c3nc4ccc(C(=O)NN)cc4[nH]3)cc2)cc1. The molecule has 0 saturated carbocycles. The average molecular weight is 383 g/mol. The largest absolute Gasteiger partial charge is 0.489 e. The molecule has 0 saturated heterocycles. The molecule has 0 aliphatic heterocycles. The van der Waals surface area contributed by atoms with E-state index in [0.717, 1.165) is 27.9 Å². The quantitative estimate of drug-likeness (QED) is 0.278. The van der Waals surface area contributed by atoms with E-state index in [1.165, 1.54) is 0 Å². The van der Waals surface area contributed by atoms with Gasteiger partial charge in [0.25, 0.3) is 5.91 Å². The highest BCUT2D eigenvalue weighted by Crippen LogP contribution is 2.24. The topological polar surface area (TPSA) is 117 Å². The molecule has 29 heavy (non-hydrogen) atoms. The zero-order valence-corrected chi connectivity index (χ0v) is 15.3. The molecule has 142 valence electrons. The lowest BCUT2D eigenvalue weighted by Gasteiger charge is -2.07. The van der Waals surface area contributed by atoms with Gasteiger partial charge in [-0.05, 0) is 60.2 Å². The van der Waals surface area contributed by atoms with Crippen LogP contribution in [0.1, 0.15) is 21.5 Å². The van der Waals surface area contributed by atoms with Crippen molar-refractivity contribution < 1.29 is 9.53 Å². The first kappa shape index (κ1) is 18.2. The second kappa shape index (κ2) is 7.84. The zero-order chi connectivity index (χ0) is 20.2. The van der Waals surface area contributed by atoms with Gasteiger partial charge in [0.05, 0.1) is 22.7 Å². The maximum absolute atomic E-state index is 11.7. The number of H-pyrrole nitrogens is 1. The molecule has 0 unspecified atom stereocenters. The number of nitrogens with zero attached hydrogens (tertiary/aromatic N) is 2. The highest BCUT2D eigenvalue weighted by Gasteiger charge is 2.09. The minimum Gasteiger partial charge on any atom is -0.489 e. The summed E-state index contributed by atoms with van der Waals surface area (Å²) in [5, 5.41) is 8.84. The van der Waals surface area contributed by atoms with Crippen LogP contribution in [0.25, 0.3) is 22.4 Å². The summed E-state index contributed by atoms with van der Waals surface area (Å²) in [6.07, 6.45) is 0. The number of benzene rings is 3. The fourth-order valence-electron chi connectivity index (χ4n) is 2.92. The van der Waals surface area contributed by atoms with Crippen molar-refractivity contribution in [3.8, 4) is 23.2 Å². The molecule has 7 heteroatoms. The van der Waals surface area contributed by atoms with Crippen LogP contribution in [0.5, 0.6) is 5.75 Å². The lowest BCUT2D eigenvalue weighted by Crippen LogP contribution is -2.29. The summed E-state index contributed by atoms with van der Waals surface area (Å²) in [5.41, 5.74) is 6.60. The summed E-state index contributed by atoms with van der Waals surface area (Å²) in [6, 6.07) is 22.1. The molecule has 1 heterocycles. The molecule has 0 aliphatic rings. The van der Waals surface area contributed by atoms with Crippen LogP contribution in [0.3, 0.4) is 0 Å². The Labute approximate surface area is 166 Å². The number of fused-ring (bicyclic) bond motifs is 1. The third-order valence-corrected chi connectivity index (χ3v) is 4.49. The molecule has 0 bridgehead atoms. The first-order valence-electron chi connectivity index (χ1n) is 8.89. The number of carbonyl (C=O) groups excluding carboxylic acids is 1. The predicted molar refractivity (Wildman–Crippen MR) is 109 cm³/mol. The minimum atomic E-state index is -0.355. The first-order valence-corrected chi connectivity index (χ1v) is 8.89. The van der Waals surface area contributed by atoms with Crippen LogP contribution in [0.2, 0.25) is 0 Å². The number of carbonyl (C=O) groups is 1. The maximum atomic E-state index is 11.7. The van der Waals surface area contributed by atoms with E-state index in [9.17, 15) is 4.79 Å². The third-order valence-electron chi connectivity index (χ3n) is 4.49. The van der Waals surface area contributed by atoms with Gasteiger partial charge in [-0.1, -0.05) is 12.1 Å². The van der Waals surface area contributed by atoms with Gasteiger partial charge in [-0.2, -0.15) is 5.26 Å². The second-order valence-electron chi connectivity index (χ2n) is 6.41. The summed E-state index contributed by atoms with van der Waals surface area (Å²) in [5.74, 6) is 6.26. The van der Waals surface area contributed by atoms with Gasteiger partial charge in [0.1, 0.15) is 18.2 Å². The molecule has 7 nitrogen and oxygen atoms in total. The van der Waals surface area contributed by atoms with E-state index in [4.69, 9.17) is 15.8 Å². The van der Waals surface area contributed by atoms with Gasteiger partial charge in [-0.3, -0.25) is 10.2 Å². The Morgan fingerprint density at radius 1 is 1.10 bits per heavy atom. The van der Waals surface area contributed by atoms with E-state index >= 15 is 0 Å². The number of aromatic nitrogens is 2. The summed E-state index contributed by atoms with van der Waals surface area (Å²) in [6.45, 7) is 0.418. The van der Waals surface area contributed by atoms with E-state index in [0.29, 0.717) is 23.6 Å². The Bertz CT molecular complexity index is 1200. The molecule has 0 aliphatic carbocycles. The van der Waals surface area contributed by atoms with Crippen molar-refractivity contribution in [3.05, 3.63) is 83.4 Å². The number of rotatable bonds is 5. The van der Waals surface area contributed by atoms with Crippen LogP contribution in [0.15, 0.2) is 66.7 Å². The highest BCUT2D eigenvalue weighted by atomic mass is 16.5. The minimum absolute atomic E-state index is 0.355. The van der Waals surface area contributed by atoms with Crippen molar-refractivity contribution in [3.63, 3.8) is 0 Å². The van der Waals surface area contributed by atoms with Crippen molar-refractivity contribution in [2.24, 2.45) is 5.84 Å². The van der Waals surface area contributed by atoms with E-state index < -0.39 is 0 Å². The molecule has 4 rings (SSSR count). The fourth-order valence-corrected chi connectivity index (χ4v) is 2.92. The number of nitrogen functional groups attached to an aromatic ring is 1. The average Bonchev–Trinajstić information content (AvgIpc) is 3.21. The van der Waals surface area contributed by atoms with Crippen molar-refractivity contribution in [1.29, 1.82) is 5.26 Å². The van der Waals surface area contributed by atoms with Crippen LogP contribution in [0, 0.1) is 11.3 Å². The molecule has 0 fully saturated rings. The van der Waals surface area contributed by atoms with Crippen LogP contribution >= 0.6 is 0 Å². The normalized spacial score (nSPS) is 10.5. The molecule has 3 aromatic carbocycles. The number of nitrogens with two attached hydrogens (primary N) is 1. The molecule has 1 aromatic heterocycles. The number of hydrogen-bond acceptors (Lipinski definition) is 5. The van der Waals surface area contributed by atoms with Gasteiger partial charge in [-0.15, -0.1) is 0 Å². The number of ether oxygens (including phenoxy) is 1. The summed E-state index contributed by atoms with van der Waals surface area (Å²) >= 11 is 0. The Kier molecular flexibility index (Phi) is 4.93. The summed E-state index contributed by atoms with van der Waals surface area (Å²) in [4.78, 5) is 19.5. The van der Waals surface area contributed by atoms with E-state index in [1.54, 1.807) is 30.3 Å². The van der Waals surface area contributed by atoms with Crippen LogP contribution in [-0.2, 0) is 6.61 Å². The number of hydrogen-bond donors (Lipinski definition) is 3. The van der Waals surface area contributed by atoms with E-state index in [2.05, 4.69) is 21.5 Å². The van der Waals surface area contributed by atoms with Crippen LogP contribution in [0.4, 0.5) is 0 Å². The van der Waals surface area contributed by atoms with Gasteiger partial charge < -0.3 is 9.72 Å². The zero-order valence-electron chi connectivity index (χ0n) is 15.3. The third kappa shape index (κ3) is 3.93. The molecule has 0 radical (unpaired) electrons. The number of hydrazine groups is 1. The number of imidazole rings is 1. The van der Waals surface area contributed by atoms with E-state index in [1.807, 2.05) is 36.4 Å². The lowest BCUT2D eigenvalue weighted by molar-refractivity contribution is 0.0954. The molecule has 0 spiro atoms. The highest BCUT2D eigenvalue weighted by molar-refractivity contribution is 5.97. The van der Waals surface area contributed by atoms with Gasteiger partial charge in [0.15, 0.2) is 0 Å². The van der Waals surface area contributed by atoms with Crippen molar-refractivity contribution >= 4 is 16.9 Å². The molecular formula is C22H17N5O2. The van der Waals surface area contributed by atoms with Crippen molar-refractivity contribution in [2.45, 2.75) is 6.61 Å². The van der Waals surface area contributed by atoms with Crippen molar-refractivity contribution in [1.82, 2.24) is 15.4 Å². The number of amides is 1. The van der Waals surface area contributed by atoms with Crippen molar-refractivity contribution in [2.75, 3.05) is 0 Å². The summed E-state index contributed by atoms with van der Waals surface area (Å²) < 4.78 is 5.80. The number of nitrogens with one attached hydrogen (secondary N) is 2. The Hall–Kier alpha value is -4.15. The Balaban J connectivity index is 1.48. The molecule has 4 N–H and O–H groups in total. The number of aromatic amines is 1. The molecule has 1 amide bonds. The molecule has 0 atom stereocenters. The molecular weight excluding hydrogens is 366 g/mol. The number of nitriles is 1. The van der Waals surface area contributed by atoms with E-state index in [-0.39, 0.29) is 5.91 Å². The van der Waals surface area contributed by atoms with Crippen LogP contribution in [-0.4, -0.2) is 15.9 Å². The maximum Gasteiger partial charge on any atom is 0.265 e. The summed E-state index contributed by atoms with van der Waals surface area (Å²) in [7, 11) is 0. The second-order valence-corrected chi connectivity index (χ2v) is 6.41. The van der Waals surface area contributed by atoms with Gasteiger partial charge >= 0.3 is 0 Å². The first-order chi connectivity index (χ1) is 14.2. The molecule has 4 aromatic rings. The van der Waals surface area contributed by atoms with Gasteiger partial charge in [0.2, 0.25) is 0 Å². The standard InChI is InChI=1S/C22H17N5O2/c23-12-14-1-3-15(4-2-14)13-29-18-8-5-16(6-9-18)21-25-19-10-7-17(22(28)27-24)11-20(19)26-21/h1-11H,13,24H2,(H,25,26)(H,27,28). The lowest BCUT2D eigenvalue weighted by atomic mass is 10.1. The Morgan fingerprint density at radius 2 is 1.86 bits per heavy atom. The van der Waals surface area contributed by atoms with Gasteiger partial charge in [-0.25, -0.2) is 10.8 Å². The van der Waals surface area contributed by atoms with Gasteiger partial charge in [0, 0.05) is 11.1 Å². The predicted octanol–water partition coefficient (Wildman–Crippen LogP) is 3.28. The van der Waals surface area contributed by atoms with Crippen LogP contribution < -0.4 is 16.0 Å².